The van der Waals surface area contributed by atoms with Crippen LogP contribution >= 0.6 is 0 Å². The Labute approximate surface area is 133 Å². The molecule has 3 nitrogen and oxygen atoms in total. The molecular formula is C19H16FN3. The third kappa shape index (κ3) is 2.23. The zero-order valence-electron chi connectivity index (χ0n) is 13.0. The molecule has 0 unspecified atom stereocenters. The highest BCUT2D eigenvalue weighted by Crippen LogP contribution is 2.28. The Bertz CT molecular complexity index is 1010. The minimum absolute atomic E-state index is 0.187. The fourth-order valence-electron chi connectivity index (χ4n) is 3.02. The average molecular weight is 305 g/mol. The lowest BCUT2D eigenvalue weighted by Crippen LogP contribution is -1.94. The van der Waals surface area contributed by atoms with Gasteiger partial charge in [-0.1, -0.05) is 18.2 Å². The first-order valence-corrected chi connectivity index (χ1v) is 7.49. The molecule has 0 saturated heterocycles. The standard InChI is InChI=1S/C19H16FN3/c1-13-6-7-18(20)17-8-9-23(19(13)17)16-5-3-4-14(10-16)15-11-21-22(2)12-15/h3-12H,1-2H3. The Morgan fingerprint density at radius 2 is 1.91 bits per heavy atom. The van der Waals surface area contributed by atoms with E-state index in [2.05, 4.69) is 17.2 Å². The SMILES string of the molecule is Cc1ccc(F)c2ccn(-c3cccc(-c4cnn(C)c4)c3)c12. The lowest BCUT2D eigenvalue weighted by atomic mass is 10.1. The van der Waals surface area contributed by atoms with E-state index in [0.29, 0.717) is 5.39 Å². The molecule has 2 aromatic heterocycles. The molecule has 2 heterocycles. The maximum atomic E-state index is 14.0. The van der Waals surface area contributed by atoms with Crippen LogP contribution in [-0.2, 0) is 7.05 Å². The molecule has 23 heavy (non-hydrogen) atoms. The highest BCUT2D eigenvalue weighted by atomic mass is 19.1. The molecule has 0 N–H and O–H groups in total. The number of halogens is 1. The van der Waals surface area contributed by atoms with Gasteiger partial charge in [-0.15, -0.1) is 0 Å². The van der Waals surface area contributed by atoms with Gasteiger partial charge >= 0.3 is 0 Å². The van der Waals surface area contributed by atoms with Gasteiger partial charge in [-0.2, -0.15) is 5.10 Å². The van der Waals surface area contributed by atoms with Crippen molar-refractivity contribution in [2.45, 2.75) is 6.92 Å². The fraction of sp³-hybridized carbons (Fsp3) is 0.105. The highest BCUT2D eigenvalue weighted by Gasteiger charge is 2.10. The van der Waals surface area contributed by atoms with Crippen LogP contribution in [0.5, 0.6) is 0 Å². The molecule has 4 heteroatoms. The number of hydrogen-bond donors (Lipinski definition) is 0. The monoisotopic (exact) mass is 305 g/mol. The summed E-state index contributed by atoms with van der Waals surface area (Å²) >= 11 is 0. The number of benzene rings is 2. The molecule has 0 atom stereocenters. The normalized spacial score (nSPS) is 11.3. The van der Waals surface area contributed by atoms with Gasteiger partial charge in [0.1, 0.15) is 5.82 Å². The molecule has 4 rings (SSSR count). The number of fused-ring (bicyclic) bond motifs is 1. The fourth-order valence-corrected chi connectivity index (χ4v) is 3.02. The second-order valence-electron chi connectivity index (χ2n) is 5.77. The number of rotatable bonds is 2. The van der Waals surface area contributed by atoms with Crippen molar-refractivity contribution in [2.75, 3.05) is 0 Å². The highest BCUT2D eigenvalue weighted by molar-refractivity contribution is 5.85. The summed E-state index contributed by atoms with van der Waals surface area (Å²) in [5.41, 5.74) is 5.13. The topological polar surface area (TPSA) is 22.8 Å². The summed E-state index contributed by atoms with van der Waals surface area (Å²) in [6, 6.07) is 13.4. The van der Waals surface area contributed by atoms with E-state index in [-0.39, 0.29) is 5.82 Å². The minimum Gasteiger partial charge on any atom is -0.316 e. The second-order valence-corrected chi connectivity index (χ2v) is 5.77. The van der Waals surface area contributed by atoms with Crippen LogP contribution in [0, 0.1) is 12.7 Å². The lowest BCUT2D eigenvalue weighted by Gasteiger charge is -2.09. The maximum absolute atomic E-state index is 14.0. The molecule has 114 valence electrons. The number of aromatic nitrogens is 3. The van der Waals surface area contributed by atoms with Crippen LogP contribution in [0.4, 0.5) is 4.39 Å². The van der Waals surface area contributed by atoms with E-state index in [4.69, 9.17) is 0 Å². The third-order valence-corrected chi connectivity index (χ3v) is 4.16. The Hall–Kier alpha value is -2.88. The van der Waals surface area contributed by atoms with Crippen molar-refractivity contribution in [2.24, 2.45) is 7.05 Å². The summed E-state index contributed by atoms with van der Waals surface area (Å²) in [6.07, 6.45) is 5.75. The summed E-state index contributed by atoms with van der Waals surface area (Å²) in [4.78, 5) is 0. The molecule has 2 aromatic carbocycles. The maximum Gasteiger partial charge on any atom is 0.132 e. The molecule has 0 radical (unpaired) electrons. The van der Waals surface area contributed by atoms with E-state index in [1.807, 2.05) is 61.4 Å². The summed E-state index contributed by atoms with van der Waals surface area (Å²) < 4.78 is 17.8. The second kappa shape index (κ2) is 5.09. The van der Waals surface area contributed by atoms with Crippen LogP contribution in [0.3, 0.4) is 0 Å². The average Bonchev–Trinajstić information content (AvgIpc) is 3.18. The van der Waals surface area contributed by atoms with E-state index in [0.717, 1.165) is 27.9 Å². The van der Waals surface area contributed by atoms with Crippen molar-refractivity contribution >= 4 is 10.9 Å². The summed E-state index contributed by atoms with van der Waals surface area (Å²) in [5.74, 6) is -0.187. The van der Waals surface area contributed by atoms with E-state index in [1.165, 1.54) is 6.07 Å². The number of nitrogens with zero attached hydrogens (tertiary/aromatic N) is 3. The van der Waals surface area contributed by atoms with Gasteiger partial charge in [0.05, 0.1) is 11.7 Å². The molecular weight excluding hydrogens is 289 g/mol. The Balaban J connectivity index is 1.90. The van der Waals surface area contributed by atoms with Crippen molar-refractivity contribution < 1.29 is 4.39 Å². The van der Waals surface area contributed by atoms with Gasteiger partial charge in [0, 0.05) is 36.1 Å². The van der Waals surface area contributed by atoms with Crippen LogP contribution < -0.4 is 0 Å². The van der Waals surface area contributed by atoms with Crippen molar-refractivity contribution in [3.05, 3.63) is 72.4 Å². The number of hydrogen-bond acceptors (Lipinski definition) is 1. The van der Waals surface area contributed by atoms with Crippen LogP contribution in [-0.4, -0.2) is 14.3 Å². The summed E-state index contributed by atoms with van der Waals surface area (Å²) in [6.45, 7) is 2.00. The van der Waals surface area contributed by atoms with Gasteiger partial charge in [-0.3, -0.25) is 4.68 Å². The van der Waals surface area contributed by atoms with Gasteiger partial charge in [-0.25, -0.2) is 4.39 Å². The van der Waals surface area contributed by atoms with Gasteiger partial charge < -0.3 is 4.57 Å². The minimum atomic E-state index is -0.187. The molecule has 0 bridgehead atoms. The third-order valence-electron chi connectivity index (χ3n) is 4.16. The van der Waals surface area contributed by atoms with E-state index in [9.17, 15) is 4.39 Å². The molecule has 0 fully saturated rings. The zero-order chi connectivity index (χ0) is 16.0. The van der Waals surface area contributed by atoms with Gasteiger partial charge in [0.2, 0.25) is 0 Å². The Morgan fingerprint density at radius 1 is 1.04 bits per heavy atom. The lowest BCUT2D eigenvalue weighted by molar-refractivity contribution is 0.639. The van der Waals surface area contributed by atoms with Crippen LogP contribution in [0.25, 0.3) is 27.7 Å². The Morgan fingerprint density at radius 3 is 2.70 bits per heavy atom. The molecule has 0 saturated carbocycles. The summed E-state index contributed by atoms with van der Waals surface area (Å²) in [5, 5.41) is 4.87. The van der Waals surface area contributed by atoms with E-state index < -0.39 is 0 Å². The van der Waals surface area contributed by atoms with Gasteiger partial charge in [0.25, 0.3) is 0 Å². The van der Waals surface area contributed by atoms with Crippen LogP contribution in [0.15, 0.2) is 61.1 Å². The molecule has 0 aliphatic rings. The molecule has 0 aliphatic heterocycles. The molecule has 0 amide bonds. The van der Waals surface area contributed by atoms with E-state index in [1.54, 1.807) is 4.68 Å². The first-order valence-electron chi connectivity index (χ1n) is 7.49. The predicted octanol–water partition coefficient (Wildman–Crippen LogP) is 4.48. The van der Waals surface area contributed by atoms with Crippen molar-refractivity contribution in [3.63, 3.8) is 0 Å². The van der Waals surface area contributed by atoms with Crippen molar-refractivity contribution in [1.82, 2.24) is 14.3 Å². The van der Waals surface area contributed by atoms with Gasteiger partial charge in [0.15, 0.2) is 0 Å². The predicted molar refractivity (Wildman–Crippen MR) is 90.2 cm³/mol. The quantitative estimate of drug-likeness (QED) is 0.535. The number of aryl methyl sites for hydroxylation is 2. The van der Waals surface area contributed by atoms with Crippen LogP contribution in [0.2, 0.25) is 0 Å². The van der Waals surface area contributed by atoms with Gasteiger partial charge in [-0.05, 0) is 42.3 Å². The van der Waals surface area contributed by atoms with Crippen LogP contribution in [0.1, 0.15) is 5.56 Å². The van der Waals surface area contributed by atoms with Crippen molar-refractivity contribution in [3.8, 4) is 16.8 Å². The zero-order valence-corrected chi connectivity index (χ0v) is 13.0. The molecule has 4 aromatic rings. The largest absolute Gasteiger partial charge is 0.316 e. The smallest absolute Gasteiger partial charge is 0.132 e. The van der Waals surface area contributed by atoms with Crippen molar-refractivity contribution in [1.29, 1.82) is 0 Å². The first kappa shape index (κ1) is 13.8. The Kier molecular flexibility index (Phi) is 3.05. The first-order chi connectivity index (χ1) is 11.1. The van der Waals surface area contributed by atoms with E-state index >= 15 is 0 Å². The summed E-state index contributed by atoms with van der Waals surface area (Å²) in [7, 11) is 1.90. The molecule has 0 spiro atoms. The molecule has 0 aliphatic carbocycles.